The monoisotopic (exact) mass is 296 g/mol. The van der Waals surface area contributed by atoms with E-state index in [4.69, 9.17) is 9.84 Å². The van der Waals surface area contributed by atoms with Gasteiger partial charge in [0.05, 0.1) is 18.8 Å². The minimum absolute atomic E-state index is 0.213. The predicted octanol–water partition coefficient (Wildman–Crippen LogP) is 0.508. The van der Waals surface area contributed by atoms with Crippen molar-refractivity contribution in [1.29, 1.82) is 0 Å². The van der Waals surface area contributed by atoms with Crippen molar-refractivity contribution in [3.63, 3.8) is 0 Å². The van der Waals surface area contributed by atoms with Gasteiger partial charge in [-0.3, -0.25) is 9.59 Å². The Labute approximate surface area is 121 Å². The lowest BCUT2D eigenvalue weighted by atomic mass is 10.1. The number of morpholine rings is 1. The summed E-state index contributed by atoms with van der Waals surface area (Å²) in [7, 11) is 0. The SMILES string of the molecule is CC(NC(=O)c1ccc(O)cc1F)C(=O)N1CCOCC1. The number of aromatic hydroxyl groups is 1. The van der Waals surface area contributed by atoms with Gasteiger partial charge in [-0.05, 0) is 19.1 Å². The van der Waals surface area contributed by atoms with Gasteiger partial charge in [0, 0.05) is 19.2 Å². The number of carbonyl (C=O) groups excluding carboxylic acids is 2. The first-order valence-electron chi connectivity index (χ1n) is 6.65. The zero-order valence-electron chi connectivity index (χ0n) is 11.6. The molecule has 1 aromatic carbocycles. The third kappa shape index (κ3) is 3.69. The van der Waals surface area contributed by atoms with Crippen LogP contribution in [0.5, 0.6) is 5.75 Å². The molecule has 1 heterocycles. The summed E-state index contributed by atoms with van der Waals surface area (Å²) in [5.41, 5.74) is -0.213. The van der Waals surface area contributed by atoms with E-state index in [1.807, 2.05) is 0 Å². The lowest BCUT2D eigenvalue weighted by Crippen LogP contribution is -2.50. The van der Waals surface area contributed by atoms with E-state index in [2.05, 4.69) is 5.32 Å². The highest BCUT2D eigenvalue weighted by Crippen LogP contribution is 2.15. The third-order valence-corrected chi connectivity index (χ3v) is 3.24. The standard InChI is InChI=1S/C14H17FN2O4/c1-9(14(20)17-4-6-21-7-5-17)16-13(19)11-3-2-10(18)8-12(11)15/h2-3,8-9,18H,4-7H2,1H3,(H,16,19). The number of hydrogen-bond donors (Lipinski definition) is 2. The molecule has 0 bridgehead atoms. The Bertz CT molecular complexity index is 544. The summed E-state index contributed by atoms with van der Waals surface area (Å²) in [5, 5.41) is 11.6. The normalized spacial score (nSPS) is 16.4. The van der Waals surface area contributed by atoms with Crippen LogP contribution >= 0.6 is 0 Å². The van der Waals surface area contributed by atoms with Gasteiger partial charge in [0.15, 0.2) is 0 Å². The Morgan fingerprint density at radius 3 is 2.67 bits per heavy atom. The van der Waals surface area contributed by atoms with Gasteiger partial charge >= 0.3 is 0 Å². The van der Waals surface area contributed by atoms with E-state index in [1.165, 1.54) is 12.1 Å². The Morgan fingerprint density at radius 1 is 1.38 bits per heavy atom. The van der Waals surface area contributed by atoms with Gasteiger partial charge in [-0.2, -0.15) is 0 Å². The molecule has 6 nitrogen and oxygen atoms in total. The molecule has 2 rings (SSSR count). The van der Waals surface area contributed by atoms with E-state index < -0.39 is 17.8 Å². The van der Waals surface area contributed by atoms with Crippen LogP contribution in [-0.2, 0) is 9.53 Å². The summed E-state index contributed by atoms with van der Waals surface area (Å²) in [5.74, 6) is -2.02. The lowest BCUT2D eigenvalue weighted by molar-refractivity contribution is -0.136. The molecule has 21 heavy (non-hydrogen) atoms. The van der Waals surface area contributed by atoms with Crippen LogP contribution in [0.25, 0.3) is 0 Å². The summed E-state index contributed by atoms with van der Waals surface area (Å²) < 4.78 is 18.7. The molecule has 0 aromatic heterocycles. The molecule has 2 amide bonds. The van der Waals surface area contributed by atoms with E-state index in [0.717, 1.165) is 6.07 Å². The fourth-order valence-corrected chi connectivity index (χ4v) is 2.08. The van der Waals surface area contributed by atoms with Crippen molar-refractivity contribution >= 4 is 11.8 Å². The molecule has 2 N–H and O–H groups in total. The van der Waals surface area contributed by atoms with Crippen LogP contribution in [0.4, 0.5) is 4.39 Å². The molecule has 1 fully saturated rings. The Hall–Kier alpha value is -2.15. The highest BCUT2D eigenvalue weighted by Gasteiger charge is 2.24. The Balaban J connectivity index is 1.99. The van der Waals surface area contributed by atoms with E-state index >= 15 is 0 Å². The first-order chi connectivity index (χ1) is 9.99. The number of carbonyl (C=O) groups is 2. The van der Waals surface area contributed by atoms with Crippen molar-refractivity contribution < 1.29 is 23.8 Å². The second-order valence-electron chi connectivity index (χ2n) is 4.80. The van der Waals surface area contributed by atoms with Gasteiger partial charge in [0.25, 0.3) is 5.91 Å². The summed E-state index contributed by atoms with van der Waals surface area (Å²) in [6, 6.07) is 2.48. The van der Waals surface area contributed by atoms with Crippen molar-refractivity contribution in [3.8, 4) is 5.75 Å². The van der Waals surface area contributed by atoms with Gasteiger partial charge in [-0.25, -0.2) is 4.39 Å². The molecule has 114 valence electrons. The van der Waals surface area contributed by atoms with Crippen LogP contribution in [0.2, 0.25) is 0 Å². The third-order valence-electron chi connectivity index (χ3n) is 3.24. The minimum Gasteiger partial charge on any atom is -0.508 e. The molecule has 1 aliphatic heterocycles. The summed E-state index contributed by atoms with van der Waals surface area (Å²) >= 11 is 0. The number of nitrogens with zero attached hydrogens (tertiary/aromatic N) is 1. The Kier molecular flexibility index (Phi) is 4.74. The van der Waals surface area contributed by atoms with Gasteiger partial charge < -0.3 is 20.1 Å². The van der Waals surface area contributed by atoms with Gasteiger partial charge in [-0.1, -0.05) is 0 Å². The van der Waals surface area contributed by atoms with Crippen molar-refractivity contribution in [2.45, 2.75) is 13.0 Å². The zero-order valence-corrected chi connectivity index (χ0v) is 11.6. The maximum Gasteiger partial charge on any atom is 0.254 e. The average molecular weight is 296 g/mol. The number of benzene rings is 1. The number of amides is 2. The summed E-state index contributed by atoms with van der Waals surface area (Å²) in [6.45, 7) is 3.45. The van der Waals surface area contributed by atoms with Crippen LogP contribution in [0.1, 0.15) is 17.3 Å². The summed E-state index contributed by atoms with van der Waals surface area (Å²) in [6.07, 6.45) is 0. The second-order valence-corrected chi connectivity index (χ2v) is 4.80. The fourth-order valence-electron chi connectivity index (χ4n) is 2.08. The summed E-state index contributed by atoms with van der Waals surface area (Å²) in [4.78, 5) is 25.7. The number of rotatable bonds is 3. The maximum absolute atomic E-state index is 13.6. The van der Waals surface area contributed by atoms with Gasteiger partial charge in [-0.15, -0.1) is 0 Å². The molecule has 1 atom stereocenters. The van der Waals surface area contributed by atoms with E-state index in [9.17, 15) is 14.0 Å². The van der Waals surface area contributed by atoms with Gasteiger partial charge in [0.2, 0.25) is 5.91 Å². The number of nitrogens with one attached hydrogen (secondary N) is 1. The van der Waals surface area contributed by atoms with E-state index in [1.54, 1.807) is 11.8 Å². The molecule has 1 aromatic rings. The number of phenols is 1. The minimum atomic E-state index is -0.835. The molecule has 0 radical (unpaired) electrons. The lowest BCUT2D eigenvalue weighted by Gasteiger charge is -2.29. The molecular weight excluding hydrogens is 279 g/mol. The molecule has 1 saturated heterocycles. The number of halogens is 1. The van der Waals surface area contributed by atoms with Crippen molar-refractivity contribution in [2.75, 3.05) is 26.3 Å². The molecule has 7 heteroatoms. The topological polar surface area (TPSA) is 78.9 Å². The van der Waals surface area contributed by atoms with Crippen LogP contribution < -0.4 is 5.32 Å². The zero-order chi connectivity index (χ0) is 15.4. The van der Waals surface area contributed by atoms with E-state index in [0.29, 0.717) is 26.3 Å². The predicted molar refractivity (Wildman–Crippen MR) is 72.4 cm³/mol. The van der Waals surface area contributed by atoms with Crippen LogP contribution in [0.3, 0.4) is 0 Å². The maximum atomic E-state index is 13.6. The van der Waals surface area contributed by atoms with Crippen molar-refractivity contribution in [3.05, 3.63) is 29.6 Å². The molecule has 1 unspecified atom stereocenters. The number of phenolic OH excluding ortho intramolecular Hbond substituents is 1. The van der Waals surface area contributed by atoms with Crippen LogP contribution in [0, 0.1) is 5.82 Å². The number of ether oxygens (including phenoxy) is 1. The molecule has 1 aliphatic rings. The number of hydrogen-bond acceptors (Lipinski definition) is 4. The van der Waals surface area contributed by atoms with Crippen LogP contribution in [0.15, 0.2) is 18.2 Å². The molecule has 0 spiro atoms. The average Bonchev–Trinajstić information content (AvgIpc) is 2.47. The quantitative estimate of drug-likeness (QED) is 0.852. The molecular formula is C14H17FN2O4. The first-order valence-corrected chi connectivity index (χ1v) is 6.65. The van der Waals surface area contributed by atoms with Crippen LogP contribution in [-0.4, -0.2) is 54.2 Å². The van der Waals surface area contributed by atoms with Gasteiger partial charge in [0.1, 0.15) is 17.6 Å². The fraction of sp³-hybridized carbons (Fsp3) is 0.429. The highest BCUT2D eigenvalue weighted by molar-refractivity contribution is 5.97. The second kappa shape index (κ2) is 6.53. The Morgan fingerprint density at radius 2 is 2.05 bits per heavy atom. The highest BCUT2D eigenvalue weighted by atomic mass is 19.1. The largest absolute Gasteiger partial charge is 0.508 e. The van der Waals surface area contributed by atoms with E-state index in [-0.39, 0.29) is 17.2 Å². The molecule has 0 aliphatic carbocycles. The first kappa shape index (κ1) is 15.2. The molecule has 0 saturated carbocycles. The van der Waals surface area contributed by atoms with Crippen molar-refractivity contribution in [2.24, 2.45) is 0 Å². The van der Waals surface area contributed by atoms with Crippen molar-refractivity contribution in [1.82, 2.24) is 10.2 Å². The smallest absolute Gasteiger partial charge is 0.254 e.